The molecule has 0 heterocycles. The Morgan fingerprint density at radius 2 is 2.08 bits per heavy atom. The number of nitrogens with zero attached hydrogens (tertiary/aromatic N) is 1. The summed E-state index contributed by atoms with van der Waals surface area (Å²) in [5.41, 5.74) is 8.19. The molecule has 0 aromatic heterocycles. The number of rotatable bonds is 6. The maximum Gasteiger partial charge on any atom is 0.163 e. The second kappa shape index (κ2) is 7.81. The molecule has 2 unspecified atom stereocenters. The second-order valence-electron chi connectivity index (χ2n) is 6.08. The van der Waals surface area contributed by atoms with Gasteiger partial charge in [0, 0.05) is 30.0 Å². The van der Waals surface area contributed by atoms with Gasteiger partial charge in [0.25, 0.3) is 0 Å². The van der Waals surface area contributed by atoms with Gasteiger partial charge in [0.2, 0.25) is 0 Å². The van der Waals surface area contributed by atoms with E-state index in [1.54, 1.807) is 18.2 Å². The molecule has 1 aliphatic carbocycles. The molecule has 1 aliphatic rings. The standard InChI is InChI=1S/C19H24N2O3/c1-3-5-15(16(4-2)21-24)19-17(22)10-13(11-18(19)23)12-6-8-14(20)9-7-12/h3,6-9,13,15,22,24H,1,4-5,10-11,20H2,2H3/b21-16+. The van der Waals surface area contributed by atoms with E-state index in [0.717, 1.165) is 5.56 Å². The Bertz CT molecular complexity index is 674. The topological polar surface area (TPSA) is 95.9 Å². The Balaban J connectivity index is 2.34. The van der Waals surface area contributed by atoms with Gasteiger partial charge in [0.05, 0.1) is 5.71 Å². The Morgan fingerprint density at radius 3 is 2.58 bits per heavy atom. The minimum absolute atomic E-state index is 0.0672. The zero-order valence-corrected chi connectivity index (χ0v) is 13.9. The van der Waals surface area contributed by atoms with Gasteiger partial charge in [-0.05, 0) is 36.5 Å². The van der Waals surface area contributed by atoms with E-state index < -0.39 is 5.92 Å². The number of Topliss-reactive ketones (excluding diaryl/α,β-unsaturated/α-hetero) is 1. The van der Waals surface area contributed by atoms with E-state index in [4.69, 9.17) is 5.73 Å². The SMILES string of the molecule is C=CCC(C1=C(O)CC(c2ccc(N)cc2)CC1=O)/C(CC)=N/O. The Labute approximate surface area is 142 Å². The summed E-state index contributed by atoms with van der Waals surface area (Å²) in [7, 11) is 0. The maximum absolute atomic E-state index is 12.7. The molecule has 1 aromatic carbocycles. The number of hydrogen-bond acceptors (Lipinski definition) is 5. The van der Waals surface area contributed by atoms with E-state index in [1.165, 1.54) is 0 Å². The van der Waals surface area contributed by atoms with Gasteiger partial charge in [-0.2, -0.15) is 0 Å². The molecule has 0 saturated heterocycles. The first kappa shape index (κ1) is 17.8. The Hall–Kier alpha value is -2.56. The van der Waals surface area contributed by atoms with E-state index in [1.807, 2.05) is 19.1 Å². The van der Waals surface area contributed by atoms with E-state index in [9.17, 15) is 15.1 Å². The first-order chi connectivity index (χ1) is 11.5. The molecule has 0 fully saturated rings. The number of anilines is 1. The molecule has 4 N–H and O–H groups in total. The zero-order chi connectivity index (χ0) is 17.7. The van der Waals surface area contributed by atoms with Crippen molar-refractivity contribution in [2.24, 2.45) is 11.1 Å². The average Bonchev–Trinajstić information content (AvgIpc) is 2.56. The fourth-order valence-corrected chi connectivity index (χ4v) is 3.28. The van der Waals surface area contributed by atoms with Crippen molar-refractivity contribution in [1.82, 2.24) is 0 Å². The number of benzene rings is 1. The summed E-state index contributed by atoms with van der Waals surface area (Å²) >= 11 is 0. The van der Waals surface area contributed by atoms with Crippen molar-refractivity contribution in [3.63, 3.8) is 0 Å². The van der Waals surface area contributed by atoms with Crippen LogP contribution in [0.3, 0.4) is 0 Å². The number of nitrogen functional groups attached to an aromatic ring is 1. The normalized spacial score (nSPS) is 20.1. The lowest BCUT2D eigenvalue weighted by atomic mass is 9.76. The molecule has 5 heteroatoms. The summed E-state index contributed by atoms with van der Waals surface area (Å²) in [6.45, 7) is 5.56. The van der Waals surface area contributed by atoms with Crippen LogP contribution in [0.4, 0.5) is 5.69 Å². The first-order valence-electron chi connectivity index (χ1n) is 8.14. The van der Waals surface area contributed by atoms with E-state index in [2.05, 4.69) is 11.7 Å². The summed E-state index contributed by atoms with van der Waals surface area (Å²) in [5.74, 6) is -0.517. The number of carbonyl (C=O) groups is 1. The highest BCUT2D eigenvalue weighted by molar-refractivity contribution is 6.04. The van der Waals surface area contributed by atoms with E-state index in [-0.39, 0.29) is 17.5 Å². The number of oxime groups is 1. The number of aliphatic hydroxyl groups is 1. The van der Waals surface area contributed by atoms with Gasteiger partial charge in [0.15, 0.2) is 5.78 Å². The molecule has 0 amide bonds. The van der Waals surface area contributed by atoms with Crippen molar-refractivity contribution in [3.05, 3.63) is 53.8 Å². The van der Waals surface area contributed by atoms with E-state index >= 15 is 0 Å². The van der Waals surface area contributed by atoms with E-state index in [0.29, 0.717) is 42.7 Å². The molecule has 2 rings (SSSR count). The zero-order valence-electron chi connectivity index (χ0n) is 13.9. The van der Waals surface area contributed by atoms with Gasteiger partial charge in [-0.15, -0.1) is 6.58 Å². The van der Waals surface area contributed by atoms with Gasteiger partial charge >= 0.3 is 0 Å². The summed E-state index contributed by atoms with van der Waals surface area (Å²) in [6.07, 6.45) is 3.33. The number of aliphatic hydroxyl groups excluding tert-OH is 1. The largest absolute Gasteiger partial charge is 0.512 e. The Kier molecular flexibility index (Phi) is 5.79. The lowest BCUT2D eigenvalue weighted by Crippen LogP contribution is -2.28. The summed E-state index contributed by atoms with van der Waals surface area (Å²) in [5, 5.41) is 23.0. The van der Waals surface area contributed by atoms with Crippen molar-refractivity contribution in [1.29, 1.82) is 0 Å². The van der Waals surface area contributed by atoms with Crippen molar-refractivity contribution in [2.45, 2.75) is 38.5 Å². The first-order valence-corrected chi connectivity index (χ1v) is 8.14. The average molecular weight is 328 g/mol. The van der Waals surface area contributed by atoms with Crippen molar-refractivity contribution < 1.29 is 15.1 Å². The number of allylic oxidation sites excluding steroid dienone is 3. The highest BCUT2D eigenvalue weighted by Gasteiger charge is 2.34. The number of nitrogens with two attached hydrogens (primary N) is 1. The molecule has 0 radical (unpaired) electrons. The Morgan fingerprint density at radius 1 is 1.42 bits per heavy atom. The monoisotopic (exact) mass is 328 g/mol. The third kappa shape index (κ3) is 3.67. The van der Waals surface area contributed by atoms with Crippen LogP contribution in [-0.2, 0) is 4.79 Å². The summed E-state index contributed by atoms with van der Waals surface area (Å²) in [6, 6.07) is 7.37. The second-order valence-corrected chi connectivity index (χ2v) is 6.08. The predicted octanol–water partition coefficient (Wildman–Crippen LogP) is 3.96. The van der Waals surface area contributed by atoms with Crippen LogP contribution in [0.5, 0.6) is 0 Å². The van der Waals surface area contributed by atoms with Gasteiger partial charge in [-0.25, -0.2) is 0 Å². The number of ketones is 1. The fourth-order valence-electron chi connectivity index (χ4n) is 3.28. The summed E-state index contributed by atoms with van der Waals surface area (Å²) in [4.78, 5) is 12.7. The summed E-state index contributed by atoms with van der Waals surface area (Å²) < 4.78 is 0. The van der Waals surface area contributed by atoms with Crippen LogP contribution in [0, 0.1) is 5.92 Å². The van der Waals surface area contributed by atoms with Crippen LogP contribution in [0.2, 0.25) is 0 Å². The fraction of sp³-hybridized carbons (Fsp3) is 0.368. The molecular weight excluding hydrogens is 304 g/mol. The molecule has 0 bridgehead atoms. The highest BCUT2D eigenvalue weighted by atomic mass is 16.4. The molecule has 24 heavy (non-hydrogen) atoms. The maximum atomic E-state index is 12.7. The minimum Gasteiger partial charge on any atom is -0.512 e. The van der Waals surface area contributed by atoms with Crippen LogP contribution in [0.25, 0.3) is 0 Å². The van der Waals surface area contributed by atoms with Crippen LogP contribution in [0.15, 0.2) is 53.4 Å². The molecule has 0 spiro atoms. The van der Waals surface area contributed by atoms with Crippen molar-refractivity contribution in [2.75, 3.05) is 5.73 Å². The van der Waals surface area contributed by atoms with Gasteiger partial charge in [-0.1, -0.05) is 30.3 Å². The van der Waals surface area contributed by atoms with Crippen LogP contribution < -0.4 is 5.73 Å². The van der Waals surface area contributed by atoms with Gasteiger partial charge < -0.3 is 16.0 Å². The molecule has 128 valence electrons. The molecule has 5 nitrogen and oxygen atoms in total. The third-order valence-electron chi connectivity index (χ3n) is 4.53. The van der Waals surface area contributed by atoms with Crippen LogP contribution >= 0.6 is 0 Å². The molecule has 0 saturated carbocycles. The van der Waals surface area contributed by atoms with Crippen LogP contribution in [0.1, 0.15) is 44.1 Å². The van der Waals surface area contributed by atoms with Crippen molar-refractivity contribution >= 4 is 17.2 Å². The minimum atomic E-state index is -0.419. The lowest BCUT2D eigenvalue weighted by molar-refractivity contribution is -0.117. The van der Waals surface area contributed by atoms with Crippen molar-refractivity contribution in [3.8, 4) is 0 Å². The number of hydrogen-bond donors (Lipinski definition) is 3. The molecule has 0 aliphatic heterocycles. The quantitative estimate of drug-likeness (QED) is 0.242. The highest BCUT2D eigenvalue weighted by Crippen LogP contribution is 2.37. The third-order valence-corrected chi connectivity index (χ3v) is 4.53. The molecule has 2 atom stereocenters. The van der Waals surface area contributed by atoms with Gasteiger partial charge in [0.1, 0.15) is 5.76 Å². The van der Waals surface area contributed by atoms with Crippen LogP contribution in [-0.4, -0.2) is 21.8 Å². The smallest absolute Gasteiger partial charge is 0.163 e. The predicted molar refractivity (Wildman–Crippen MR) is 95.3 cm³/mol. The van der Waals surface area contributed by atoms with Gasteiger partial charge in [-0.3, -0.25) is 4.79 Å². The molecule has 1 aromatic rings. The lowest BCUT2D eigenvalue weighted by Gasteiger charge is -2.28. The molecular formula is C19H24N2O3. The number of carbonyl (C=O) groups excluding carboxylic acids is 1.